The average molecular weight is 312 g/mol. The van der Waals surface area contributed by atoms with Gasteiger partial charge < -0.3 is 9.67 Å². The molecule has 3 nitrogen and oxygen atoms in total. The van der Waals surface area contributed by atoms with E-state index >= 15 is 0 Å². The molecule has 2 aromatic rings. The molecule has 94 valence electrons. The smallest absolute Gasteiger partial charge is 0.255 e. The van der Waals surface area contributed by atoms with Crippen molar-refractivity contribution in [1.29, 1.82) is 0 Å². The van der Waals surface area contributed by atoms with Gasteiger partial charge in [0.05, 0.1) is 9.99 Å². The van der Waals surface area contributed by atoms with Gasteiger partial charge in [0, 0.05) is 17.5 Å². The molecule has 18 heavy (non-hydrogen) atoms. The average Bonchev–Trinajstić information content (AvgIpc) is 3.12. The van der Waals surface area contributed by atoms with Crippen LogP contribution in [0.3, 0.4) is 0 Å². The van der Waals surface area contributed by atoms with Gasteiger partial charge in [-0.15, -0.1) is 0 Å². The van der Waals surface area contributed by atoms with Crippen LogP contribution >= 0.6 is 15.9 Å². The Kier molecular flexibility index (Phi) is 2.48. The number of aryl methyl sites for hydroxylation is 1. The van der Waals surface area contributed by atoms with Crippen molar-refractivity contribution in [1.82, 2.24) is 4.57 Å². The van der Waals surface area contributed by atoms with Crippen LogP contribution in [0.4, 0.5) is 4.39 Å². The van der Waals surface area contributed by atoms with E-state index in [0.717, 1.165) is 18.9 Å². The molecule has 0 spiro atoms. The predicted octanol–water partition coefficient (Wildman–Crippen LogP) is 3.25. The maximum absolute atomic E-state index is 13.7. The SMILES string of the molecule is Cc1c(Br)c(F)cc2c(O)cc(=O)n(C3CC3)c12. The fourth-order valence-electron chi connectivity index (χ4n) is 2.32. The third-order valence-corrected chi connectivity index (χ3v) is 4.32. The number of aromatic nitrogens is 1. The largest absolute Gasteiger partial charge is 0.507 e. The number of aromatic hydroxyl groups is 1. The quantitative estimate of drug-likeness (QED) is 0.878. The molecule has 1 aliphatic carbocycles. The molecular weight excluding hydrogens is 301 g/mol. The van der Waals surface area contributed by atoms with E-state index < -0.39 is 5.82 Å². The van der Waals surface area contributed by atoms with Gasteiger partial charge in [-0.25, -0.2) is 4.39 Å². The zero-order chi connectivity index (χ0) is 13.0. The van der Waals surface area contributed by atoms with Crippen LogP contribution in [0.25, 0.3) is 10.9 Å². The second-order valence-corrected chi connectivity index (χ2v) is 5.46. The Morgan fingerprint density at radius 1 is 1.44 bits per heavy atom. The van der Waals surface area contributed by atoms with Crippen LogP contribution in [0, 0.1) is 12.7 Å². The monoisotopic (exact) mass is 311 g/mol. The van der Waals surface area contributed by atoms with Gasteiger partial charge in [-0.05, 0) is 47.3 Å². The van der Waals surface area contributed by atoms with E-state index in [2.05, 4.69) is 15.9 Å². The topological polar surface area (TPSA) is 42.2 Å². The van der Waals surface area contributed by atoms with E-state index in [1.54, 1.807) is 11.5 Å². The van der Waals surface area contributed by atoms with Gasteiger partial charge in [0.2, 0.25) is 0 Å². The molecule has 0 bridgehead atoms. The van der Waals surface area contributed by atoms with E-state index in [1.165, 1.54) is 6.07 Å². The maximum atomic E-state index is 13.7. The highest BCUT2D eigenvalue weighted by Crippen LogP contribution is 2.40. The Labute approximate surface area is 111 Å². The summed E-state index contributed by atoms with van der Waals surface area (Å²) in [6.07, 6.45) is 1.91. The number of halogens is 2. The molecule has 0 saturated heterocycles. The van der Waals surface area contributed by atoms with Gasteiger partial charge in [-0.2, -0.15) is 0 Å². The minimum absolute atomic E-state index is 0.165. The molecule has 1 aliphatic rings. The zero-order valence-electron chi connectivity index (χ0n) is 9.70. The lowest BCUT2D eigenvalue weighted by Gasteiger charge is -2.14. The van der Waals surface area contributed by atoms with Crippen molar-refractivity contribution < 1.29 is 9.50 Å². The molecule has 0 unspecified atom stereocenters. The molecule has 1 fully saturated rings. The van der Waals surface area contributed by atoms with E-state index in [1.807, 2.05) is 0 Å². The number of rotatable bonds is 1. The highest BCUT2D eigenvalue weighted by atomic mass is 79.9. The normalized spacial score (nSPS) is 15.3. The number of fused-ring (bicyclic) bond motifs is 1. The van der Waals surface area contributed by atoms with Crippen LogP contribution < -0.4 is 5.56 Å². The second kappa shape index (κ2) is 3.82. The fraction of sp³-hybridized carbons (Fsp3) is 0.308. The Hall–Kier alpha value is -1.36. The summed E-state index contributed by atoms with van der Waals surface area (Å²) in [5, 5.41) is 10.2. The van der Waals surface area contributed by atoms with Crippen molar-refractivity contribution >= 4 is 26.8 Å². The van der Waals surface area contributed by atoms with Crippen molar-refractivity contribution in [3.8, 4) is 5.75 Å². The molecule has 0 atom stereocenters. The Morgan fingerprint density at radius 2 is 2.11 bits per heavy atom. The summed E-state index contributed by atoms with van der Waals surface area (Å²) in [6, 6.07) is 2.60. The fourth-order valence-corrected chi connectivity index (χ4v) is 2.62. The van der Waals surface area contributed by atoms with Crippen LogP contribution in [-0.4, -0.2) is 9.67 Å². The number of hydrogen-bond acceptors (Lipinski definition) is 2. The summed E-state index contributed by atoms with van der Waals surface area (Å²) < 4.78 is 15.7. The minimum atomic E-state index is -0.434. The number of nitrogens with zero attached hydrogens (tertiary/aromatic N) is 1. The molecular formula is C13H11BrFNO2. The van der Waals surface area contributed by atoms with Gasteiger partial charge in [0.15, 0.2) is 0 Å². The third kappa shape index (κ3) is 1.57. The van der Waals surface area contributed by atoms with Crippen LogP contribution in [0.15, 0.2) is 21.4 Å². The van der Waals surface area contributed by atoms with Crippen LogP contribution in [-0.2, 0) is 0 Å². The van der Waals surface area contributed by atoms with Crippen molar-refractivity contribution in [2.24, 2.45) is 0 Å². The lowest BCUT2D eigenvalue weighted by atomic mass is 10.1. The molecule has 1 aromatic carbocycles. The van der Waals surface area contributed by atoms with Gasteiger partial charge >= 0.3 is 0 Å². The highest BCUT2D eigenvalue weighted by Gasteiger charge is 2.28. The molecule has 1 heterocycles. The molecule has 0 amide bonds. The van der Waals surface area contributed by atoms with E-state index in [-0.39, 0.29) is 17.4 Å². The van der Waals surface area contributed by atoms with Crippen molar-refractivity contribution in [2.45, 2.75) is 25.8 Å². The first-order valence-electron chi connectivity index (χ1n) is 5.73. The molecule has 1 aromatic heterocycles. The van der Waals surface area contributed by atoms with Crippen LogP contribution in [0.5, 0.6) is 5.75 Å². The van der Waals surface area contributed by atoms with Crippen LogP contribution in [0.1, 0.15) is 24.4 Å². The first-order chi connectivity index (χ1) is 8.50. The highest BCUT2D eigenvalue weighted by molar-refractivity contribution is 9.10. The summed E-state index contributed by atoms with van der Waals surface area (Å²) in [4.78, 5) is 12.0. The minimum Gasteiger partial charge on any atom is -0.507 e. The molecule has 1 N–H and O–H groups in total. The Bertz CT molecular complexity index is 719. The molecule has 3 rings (SSSR count). The lowest BCUT2D eigenvalue weighted by molar-refractivity contribution is 0.478. The first-order valence-corrected chi connectivity index (χ1v) is 6.53. The molecule has 1 saturated carbocycles. The van der Waals surface area contributed by atoms with Gasteiger partial charge in [-0.1, -0.05) is 0 Å². The molecule has 5 heteroatoms. The number of hydrogen-bond donors (Lipinski definition) is 1. The van der Waals surface area contributed by atoms with Gasteiger partial charge in [-0.3, -0.25) is 4.79 Å². The summed E-state index contributed by atoms with van der Waals surface area (Å²) in [6.45, 7) is 1.74. The molecule has 0 radical (unpaired) electrons. The van der Waals surface area contributed by atoms with Crippen LogP contribution in [0.2, 0.25) is 0 Å². The van der Waals surface area contributed by atoms with E-state index in [9.17, 15) is 14.3 Å². The summed E-state index contributed by atoms with van der Waals surface area (Å²) in [7, 11) is 0. The standard InChI is InChI=1S/C13H11BrFNO2/c1-6-12(14)9(15)4-8-10(17)5-11(18)16(13(6)8)7-2-3-7/h4-5,7,17H,2-3H2,1H3. The summed E-state index contributed by atoms with van der Waals surface area (Å²) in [5.74, 6) is -0.599. The maximum Gasteiger partial charge on any atom is 0.255 e. The summed E-state index contributed by atoms with van der Waals surface area (Å²) in [5.41, 5.74) is 1.03. The third-order valence-electron chi connectivity index (χ3n) is 3.35. The van der Waals surface area contributed by atoms with Gasteiger partial charge in [0.1, 0.15) is 11.6 Å². The molecule has 0 aliphatic heterocycles. The Balaban J connectivity index is 2.54. The van der Waals surface area contributed by atoms with E-state index in [4.69, 9.17) is 0 Å². The number of benzene rings is 1. The zero-order valence-corrected chi connectivity index (χ0v) is 11.3. The summed E-state index contributed by atoms with van der Waals surface area (Å²) >= 11 is 3.18. The van der Waals surface area contributed by atoms with Crippen molar-refractivity contribution in [3.05, 3.63) is 38.3 Å². The lowest BCUT2D eigenvalue weighted by Crippen LogP contribution is -2.19. The number of pyridine rings is 1. The van der Waals surface area contributed by atoms with Gasteiger partial charge in [0.25, 0.3) is 5.56 Å². The van der Waals surface area contributed by atoms with Crippen molar-refractivity contribution in [2.75, 3.05) is 0 Å². The Morgan fingerprint density at radius 3 is 2.72 bits per heavy atom. The van der Waals surface area contributed by atoms with Crippen molar-refractivity contribution in [3.63, 3.8) is 0 Å². The first kappa shape index (κ1) is 11.7. The second-order valence-electron chi connectivity index (χ2n) is 4.66. The predicted molar refractivity (Wildman–Crippen MR) is 70.5 cm³/mol. The van der Waals surface area contributed by atoms with E-state index in [0.29, 0.717) is 20.9 Å².